The number of aryl methyl sites for hydroxylation is 1. The van der Waals surface area contributed by atoms with Gasteiger partial charge in [-0.05, 0) is 82.6 Å². The van der Waals surface area contributed by atoms with Gasteiger partial charge in [0, 0.05) is 46.7 Å². The lowest BCUT2D eigenvalue weighted by Crippen LogP contribution is -2.36. The van der Waals surface area contributed by atoms with Crippen LogP contribution in [-0.2, 0) is 35.0 Å². The quantitative estimate of drug-likeness (QED) is 0.0680. The van der Waals surface area contributed by atoms with Crippen molar-refractivity contribution >= 4 is 35.1 Å². The van der Waals surface area contributed by atoms with Gasteiger partial charge in [0.25, 0.3) is 5.69 Å². The third kappa shape index (κ3) is 9.72. The van der Waals surface area contributed by atoms with Crippen molar-refractivity contribution in [1.29, 1.82) is 0 Å². The monoisotopic (exact) mass is 638 g/mol. The molecule has 1 fully saturated rings. The van der Waals surface area contributed by atoms with E-state index in [4.69, 9.17) is 18.9 Å². The number of nitrogens with zero attached hydrogens (tertiary/aromatic N) is 2. The summed E-state index contributed by atoms with van der Waals surface area (Å²) in [7, 11) is 0. The first-order chi connectivity index (χ1) is 21.8. The highest BCUT2D eigenvalue weighted by Crippen LogP contribution is 2.41. The van der Waals surface area contributed by atoms with E-state index in [1.54, 1.807) is 44.7 Å². The van der Waals surface area contributed by atoms with Crippen molar-refractivity contribution in [2.75, 3.05) is 32.2 Å². The van der Waals surface area contributed by atoms with E-state index in [9.17, 15) is 19.7 Å². The summed E-state index contributed by atoms with van der Waals surface area (Å²) in [5.41, 5.74) is 2.67. The number of aliphatic imine (C=N–C) groups is 1. The summed E-state index contributed by atoms with van der Waals surface area (Å²) < 4.78 is 22.4. The molecule has 0 radical (unpaired) electrons. The number of esters is 2. The number of allylic oxidation sites excluding steroid dienone is 1. The Morgan fingerprint density at radius 1 is 1.07 bits per heavy atom. The molecule has 0 spiro atoms. The summed E-state index contributed by atoms with van der Waals surface area (Å²) in [5, 5.41) is 11.5. The lowest BCUT2D eigenvalue weighted by atomic mass is 9.75. The minimum atomic E-state index is -0.907. The zero-order valence-corrected chi connectivity index (χ0v) is 27.0. The summed E-state index contributed by atoms with van der Waals surface area (Å²) in [6.07, 6.45) is 5.73. The molecule has 0 saturated carbocycles. The van der Waals surface area contributed by atoms with Gasteiger partial charge in [0.2, 0.25) is 0 Å². The van der Waals surface area contributed by atoms with E-state index in [0.717, 1.165) is 42.9 Å². The molecule has 2 heterocycles. The standard InChI is InChI=1S/C34H42N2O8S/c1-4-41-33(37)30-23(2)35-24(3)31(32(30)26-11-7-12-27(22-26)36(39)40)34(38)44-20-9-21-45-28-16-14-25(15-17-28)10-8-19-43-29-13-5-6-18-42-29/h7,11-12,14-17,22,29-30,32H,4-6,8-10,13,18-21H2,1-3H3. The van der Waals surface area contributed by atoms with Crippen molar-refractivity contribution in [3.05, 3.63) is 81.0 Å². The summed E-state index contributed by atoms with van der Waals surface area (Å²) in [4.78, 5) is 43.1. The van der Waals surface area contributed by atoms with Crippen molar-refractivity contribution in [3.63, 3.8) is 0 Å². The second-order valence-electron chi connectivity index (χ2n) is 11.1. The average Bonchev–Trinajstić information content (AvgIpc) is 3.03. The molecule has 0 N–H and O–H groups in total. The maximum absolute atomic E-state index is 13.5. The molecule has 3 unspecified atom stereocenters. The number of non-ortho nitro benzene ring substituents is 1. The van der Waals surface area contributed by atoms with Gasteiger partial charge in [0.15, 0.2) is 6.29 Å². The summed E-state index contributed by atoms with van der Waals surface area (Å²) in [6, 6.07) is 14.4. The molecule has 242 valence electrons. The SMILES string of the molecule is CCOC(=O)C1C(C)=NC(C)=C(C(=O)OCCCSc2ccc(CCCOC3CCCCO3)cc2)C1c1cccc([N+](=O)[O-])c1. The molecule has 4 rings (SSSR count). The first-order valence-electron chi connectivity index (χ1n) is 15.6. The second-order valence-corrected chi connectivity index (χ2v) is 12.2. The molecule has 0 bridgehead atoms. The van der Waals surface area contributed by atoms with E-state index in [1.807, 2.05) is 0 Å². The van der Waals surface area contributed by atoms with Crippen LogP contribution in [0.25, 0.3) is 0 Å². The number of rotatable bonds is 15. The van der Waals surface area contributed by atoms with E-state index in [1.165, 1.54) is 24.1 Å². The van der Waals surface area contributed by atoms with Crippen LogP contribution in [0.4, 0.5) is 5.69 Å². The van der Waals surface area contributed by atoms with Crippen LogP contribution in [0.15, 0.2) is 69.7 Å². The Hall–Kier alpha value is -3.54. The van der Waals surface area contributed by atoms with Gasteiger partial charge < -0.3 is 18.9 Å². The van der Waals surface area contributed by atoms with Crippen LogP contribution in [0, 0.1) is 16.0 Å². The summed E-state index contributed by atoms with van der Waals surface area (Å²) >= 11 is 1.68. The van der Waals surface area contributed by atoms with Crippen molar-refractivity contribution in [2.45, 2.75) is 76.4 Å². The molecule has 2 aromatic rings. The van der Waals surface area contributed by atoms with Gasteiger partial charge in [-0.3, -0.25) is 19.9 Å². The van der Waals surface area contributed by atoms with E-state index in [2.05, 4.69) is 29.3 Å². The number of thioether (sulfide) groups is 1. The molecule has 0 aromatic heterocycles. The third-order valence-electron chi connectivity index (χ3n) is 7.79. The fourth-order valence-electron chi connectivity index (χ4n) is 5.61. The Labute approximate surface area is 268 Å². The minimum Gasteiger partial charge on any atom is -0.465 e. The molecular weight excluding hydrogens is 596 g/mol. The minimum absolute atomic E-state index is 0.0475. The number of nitro benzene ring substituents is 1. The number of nitro groups is 1. The third-order valence-corrected chi connectivity index (χ3v) is 8.89. The van der Waals surface area contributed by atoms with Gasteiger partial charge >= 0.3 is 11.9 Å². The van der Waals surface area contributed by atoms with Gasteiger partial charge in [-0.2, -0.15) is 0 Å². The molecule has 45 heavy (non-hydrogen) atoms. The molecule has 0 amide bonds. The number of carbonyl (C=O) groups excluding carboxylic acids is 2. The highest BCUT2D eigenvalue weighted by Gasteiger charge is 2.42. The molecule has 10 nitrogen and oxygen atoms in total. The maximum atomic E-state index is 13.5. The predicted octanol–water partition coefficient (Wildman–Crippen LogP) is 6.81. The fourth-order valence-corrected chi connectivity index (χ4v) is 6.44. The normalized spacial score (nSPS) is 20.0. The number of ether oxygens (including phenoxy) is 4. The molecule has 2 aliphatic heterocycles. The predicted molar refractivity (Wildman–Crippen MR) is 172 cm³/mol. The lowest BCUT2D eigenvalue weighted by molar-refractivity contribution is -0.384. The number of carbonyl (C=O) groups is 2. The van der Waals surface area contributed by atoms with Crippen LogP contribution in [-0.4, -0.2) is 61.0 Å². The lowest BCUT2D eigenvalue weighted by Gasteiger charge is -2.31. The molecule has 2 aliphatic rings. The van der Waals surface area contributed by atoms with Gasteiger partial charge in [-0.1, -0.05) is 24.3 Å². The van der Waals surface area contributed by atoms with Crippen LogP contribution in [0.1, 0.15) is 69.9 Å². The van der Waals surface area contributed by atoms with Crippen LogP contribution >= 0.6 is 11.8 Å². The molecule has 11 heteroatoms. The van der Waals surface area contributed by atoms with Crippen LogP contribution in [0.2, 0.25) is 0 Å². The molecular formula is C34H42N2O8S. The first kappa shape index (κ1) is 34.3. The van der Waals surface area contributed by atoms with Crippen molar-refractivity contribution in [3.8, 4) is 0 Å². The van der Waals surface area contributed by atoms with E-state index in [0.29, 0.717) is 30.0 Å². The van der Waals surface area contributed by atoms with Crippen LogP contribution in [0.5, 0.6) is 0 Å². The molecule has 0 aliphatic carbocycles. The van der Waals surface area contributed by atoms with Crippen LogP contribution < -0.4 is 0 Å². The Kier molecular flexibility index (Phi) is 13.2. The zero-order chi connectivity index (χ0) is 32.2. The zero-order valence-electron chi connectivity index (χ0n) is 26.2. The smallest absolute Gasteiger partial charge is 0.336 e. The van der Waals surface area contributed by atoms with Gasteiger partial charge in [0.05, 0.1) is 30.3 Å². The van der Waals surface area contributed by atoms with Gasteiger partial charge in [-0.25, -0.2) is 4.79 Å². The molecule has 3 atom stereocenters. The second kappa shape index (κ2) is 17.2. The van der Waals surface area contributed by atoms with Gasteiger partial charge in [-0.15, -0.1) is 11.8 Å². The number of benzene rings is 2. The summed E-state index contributed by atoms with van der Waals surface area (Å²) in [5.74, 6) is -2.12. The summed E-state index contributed by atoms with van der Waals surface area (Å²) in [6.45, 7) is 6.89. The number of hydrogen-bond acceptors (Lipinski definition) is 10. The largest absolute Gasteiger partial charge is 0.465 e. The Bertz CT molecular complexity index is 1380. The Balaban J connectivity index is 1.30. The van der Waals surface area contributed by atoms with Crippen molar-refractivity contribution in [1.82, 2.24) is 0 Å². The Morgan fingerprint density at radius 3 is 2.58 bits per heavy atom. The Morgan fingerprint density at radius 2 is 1.87 bits per heavy atom. The van der Waals surface area contributed by atoms with Crippen LogP contribution in [0.3, 0.4) is 0 Å². The van der Waals surface area contributed by atoms with E-state index in [-0.39, 0.29) is 30.8 Å². The van der Waals surface area contributed by atoms with Gasteiger partial charge in [0.1, 0.15) is 5.92 Å². The average molecular weight is 639 g/mol. The van der Waals surface area contributed by atoms with Crippen molar-refractivity contribution < 1.29 is 33.5 Å². The molecule has 2 aromatic carbocycles. The number of hydrogen-bond donors (Lipinski definition) is 0. The highest BCUT2D eigenvalue weighted by molar-refractivity contribution is 7.99. The first-order valence-corrected chi connectivity index (χ1v) is 16.6. The van der Waals surface area contributed by atoms with E-state index >= 15 is 0 Å². The highest BCUT2D eigenvalue weighted by atomic mass is 32.2. The topological polar surface area (TPSA) is 127 Å². The fraction of sp³-hybridized carbons (Fsp3) is 0.500. The van der Waals surface area contributed by atoms with E-state index < -0.39 is 28.7 Å². The molecule has 1 saturated heterocycles. The maximum Gasteiger partial charge on any atom is 0.336 e. The van der Waals surface area contributed by atoms with Crippen molar-refractivity contribution in [2.24, 2.45) is 10.9 Å².